The molecule has 0 aromatic heterocycles. The molecule has 1 atom stereocenters. The topological polar surface area (TPSA) is 60.0 Å². The van der Waals surface area contributed by atoms with Crippen molar-refractivity contribution in [3.05, 3.63) is 29.8 Å². The summed E-state index contributed by atoms with van der Waals surface area (Å²) in [7, 11) is 1.57. The van der Waals surface area contributed by atoms with E-state index in [0.29, 0.717) is 30.3 Å². The minimum atomic E-state index is -4.24. The Bertz CT molecular complexity index is 749. The molecule has 1 amide bonds. The Morgan fingerprint density at radius 2 is 2.00 bits per heavy atom. The number of hydrogen-bond donors (Lipinski definition) is 2. The van der Waals surface area contributed by atoms with E-state index in [9.17, 15) is 18.0 Å². The average Bonchev–Trinajstić information content (AvgIpc) is 2.67. The van der Waals surface area contributed by atoms with E-state index in [2.05, 4.69) is 21.5 Å². The number of terminal acetylenes is 1. The van der Waals surface area contributed by atoms with Gasteiger partial charge in [0.25, 0.3) is 0 Å². The second kappa shape index (κ2) is 9.46. The van der Waals surface area contributed by atoms with E-state index in [-0.39, 0.29) is 25.5 Å². The number of guanidine groups is 1. The minimum Gasteiger partial charge on any atom is -0.347 e. The molecule has 152 valence electrons. The zero-order valence-electron chi connectivity index (χ0n) is 15.9. The Kier molecular flexibility index (Phi) is 7.29. The number of benzene rings is 1. The van der Waals surface area contributed by atoms with Gasteiger partial charge in [-0.15, -0.1) is 6.42 Å². The molecule has 1 aliphatic heterocycles. The van der Waals surface area contributed by atoms with Crippen LogP contribution in [0, 0.1) is 12.3 Å². The molecule has 2 N–H and O–H groups in total. The van der Waals surface area contributed by atoms with E-state index >= 15 is 0 Å². The van der Waals surface area contributed by atoms with Crippen molar-refractivity contribution in [2.24, 2.45) is 4.99 Å². The molecule has 1 aromatic carbocycles. The van der Waals surface area contributed by atoms with Crippen LogP contribution in [0.2, 0.25) is 0 Å². The molecule has 1 aromatic rings. The van der Waals surface area contributed by atoms with Crippen molar-refractivity contribution in [1.29, 1.82) is 0 Å². The van der Waals surface area contributed by atoms with Crippen LogP contribution in [0.3, 0.4) is 0 Å². The van der Waals surface area contributed by atoms with E-state index in [1.807, 2.05) is 4.90 Å². The van der Waals surface area contributed by atoms with Gasteiger partial charge in [-0.2, -0.15) is 13.2 Å². The summed E-state index contributed by atoms with van der Waals surface area (Å²) >= 11 is 0. The molecule has 9 heteroatoms. The monoisotopic (exact) mass is 395 g/mol. The van der Waals surface area contributed by atoms with Crippen LogP contribution in [-0.2, 0) is 4.79 Å². The second-order valence-electron chi connectivity index (χ2n) is 6.41. The Hall–Kier alpha value is -2.73. The Labute approximate surface area is 162 Å². The highest BCUT2D eigenvalue weighted by molar-refractivity contribution is 5.95. The van der Waals surface area contributed by atoms with Crippen LogP contribution in [0.1, 0.15) is 12.5 Å². The van der Waals surface area contributed by atoms with Gasteiger partial charge in [0.05, 0.1) is 6.54 Å². The van der Waals surface area contributed by atoms with Crippen LogP contribution in [0.25, 0.3) is 0 Å². The molecule has 0 saturated carbocycles. The molecular weight excluding hydrogens is 371 g/mol. The van der Waals surface area contributed by atoms with Gasteiger partial charge in [0.1, 0.15) is 6.04 Å². The average molecular weight is 395 g/mol. The number of nitrogens with one attached hydrogen (secondary N) is 2. The molecule has 1 aliphatic rings. The SMILES string of the molecule is C#Cc1cccc(NC(=O)CNC(=NC)N2CCN(C(C)C(F)(F)F)CC2)c1. The quantitative estimate of drug-likeness (QED) is 0.463. The van der Waals surface area contributed by atoms with Crippen LogP contribution >= 0.6 is 0 Å². The molecule has 1 heterocycles. The summed E-state index contributed by atoms with van der Waals surface area (Å²) in [6, 6.07) is 5.45. The molecule has 2 rings (SSSR count). The number of alkyl halides is 3. The molecule has 0 radical (unpaired) electrons. The van der Waals surface area contributed by atoms with Crippen molar-refractivity contribution in [2.45, 2.75) is 19.1 Å². The summed E-state index contributed by atoms with van der Waals surface area (Å²) in [5.74, 6) is 2.70. The highest BCUT2D eigenvalue weighted by Crippen LogP contribution is 2.25. The zero-order chi connectivity index (χ0) is 20.7. The summed E-state index contributed by atoms with van der Waals surface area (Å²) in [4.78, 5) is 19.5. The number of aliphatic imine (C=N–C) groups is 1. The summed E-state index contributed by atoms with van der Waals surface area (Å²) in [6.07, 6.45) is 1.10. The number of anilines is 1. The van der Waals surface area contributed by atoms with Gasteiger partial charge in [-0.25, -0.2) is 0 Å². The van der Waals surface area contributed by atoms with Crippen molar-refractivity contribution in [1.82, 2.24) is 15.1 Å². The van der Waals surface area contributed by atoms with Crippen LogP contribution in [-0.4, -0.2) is 73.7 Å². The first-order chi connectivity index (χ1) is 13.2. The van der Waals surface area contributed by atoms with E-state index in [4.69, 9.17) is 6.42 Å². The van der Waals surface area contributed by atoms with Gasteiger partial charge < -0.3 is 15.5 Å². The standard InChI is InChI=1S/C19H24F3N5O/c1-4-15-6-5-7-16(12-15)25-17(28)13-24-18(23-3)27-10-8-26(9-11-27)14(2)19(20,21)22/h1,5-7,12,14H,8-11,13H2,2-3H3,(H,23,24)(H,25,28). The number of carbonyl (C=O) groups excluding carboxylic acids is 1. The molecule has 1 saturated heterocycles. The van der Waals surface area contributed by atoms with E-state index < -0.39 is 12.2 Å². The molecule has 28 heavy (non-hydrogen) atoms. The molecule has 6 nitrogen and oxygen atoms in total. The predicted octanol–water partition coefficient (Wildman–Crippen LogP) is 1.75. The van der Waals surface area contributed by atoms with Gasteiger partial charge >= 0.3 is 6.18 Å². The molecule has 0 spiro atoms. The number of carbonyl (C=O) groups is 1. The number of hydrogen-bond acceptors (Lipinski definition) is 3. The van der Waals surface area contributed by atoms with E-state index in [1.54, 1.807) is 31.3 Å². The summed E-state index contributed by atoms with van der Waals surface area (Å²) < 4.78 is 38.5. The number of halogens is 3. The van der Waals surface area contributed by atoms with E-state index in [0.717, 1.165) is 0 Å². The maximum Gasteiger partial charge on any atom is 0.403 e. The third-order valence-corrected chi connectivity index (χ3v) is 4.57. The Balaban J connectivity index is 1.83. The van der Waals surface area contributed by atoms with Crippen molar-refractivity contribution in [3.63, 3.8) is 0 Å². The number of nitrogens with zero attached hydrogens (tertiary/aromatic N) is 3. The Morgan fingerprint density at radius 1 is 1.32 bits per heavy atom. The lowest BCUT2D eigenvalue weighted by atomic mass is 10.2. The second-order valence-corrected chi connectivity index (χ2v) is 6.41. The highest BCUT2D eigenvalue weighted by Gasteiger charge is 2.41. The molecule has 0 aliphatic carbocycles. The number of rotatable bonds is 4. The fraction of sp³-hybridized carbons (Fsp3) is 0.474. The maximum absolute atomic E-state index is 12.8. The molecule has 1 fully saturated rings. The Morgan fingerprint density at radius 3 is 2.57 bits per heavy atom. The van der Waals surface area contributed by atoms with Crippen molar-refractivity contribution >= 4 is 17.6 Å². The van der Waals surface area contributed by atoms with Gasteiger partial charge in [0, 0.05) is 44.5 Å². The van der Waals surface area contributed by atoms with Gasteiger partial charge in [0.2, 0.25) is 5.91 Å². The minimum absolute atomic E-state index is 0.0217. The lowest BCUT2D eigenvalue weighted by Gasteiger charge is -2.39. The van der Waals surface area contributed by atoms with Crippen LogP contribution in [0.4, 0.5) is 18.9 Å². The van der Waals surface area contributed by atoms with Crippen LogP contribution in [0.5, 0.6) is 0 Å². The third-order valence-electron chi connectivity index (χ3n) is 4.57. The van der Waals surface area contributed by atoms with Crippen molar-refractivity contribution in [3.8, 4) is 12.3 Å². The lowest BCUT2D eigenvalue weighted by Crippen LogP contribution is -2.57. The fourth-order valence-electron chi connectivity index (χ4n) is 2.91. The lowest BCUT2D eigenvalue weighted by molar-refractivity contribution is -0.181. The van der Waals surface area contributed by atoms with Gasteiger partial charge in [-0.1, -0.05) is 12.0 Å². The van der Waals surface area contributed by atoms with E-state index in [1.165, 1.54) is 11.8 Å². The largest absolute Gasteiger partial charge is 0.403 e. The third kappa shape index (κ3) is 5.89. The van der Waals surface area contributed by atoms with Crippen LogP contribution < -0.4 is 10.6 Å². The maximum atomic E-state index is 12.8. The molecular formula is C19H24F3N5O. The first-order valence-corrected chi connectivity index (χ1v) is 8.87. The number of amides is 1. The first kappa shape index (κ1) is 21.6. The molecule has 1 unspecified atom stereocenters. The highest BCUT2D eigenvalue weighted by atomic mass is 19.4. The first-order valence-electron chi connectivity index (χ1n) is 8.87. The smallest absolute Gasteiger partial charge is 0.347 e. The van der Waals surface area contributed by atoms with Crippen LogP contribution in [0.15, 0.2) is 29.3 Å². The summed E-state index contributed by atoms with van der Waals surface area (Å²) in [5, 5.41) is 5.68. The summed E-state index contributed by atoms with van der Waals surface area (Å²) in [5.41, 5.74) is 1.25. The fourth-order valence-corrected chi connectivity index (χ4v) is 2.91. The van der Waals surface area contributed by atoms with Crippen molar-refractivity contribution < 1.29 is 18.0 Å². The van der Waals surface area contributed by atoms with Crippen molar-refractivity contribution in [2.75, 3.05) is 45.1 Å². The zero-order valence-corrected chi connectivity index (χ0v) is 15.9. The normalized spacial score (nSPS) is 17.0. The predicted molar refractivity (Wildman–Crippen MR) is 103 cm³/mol. The van der Waals surface area contributed by atoms with Gasteiger partial charge in [-0.3, -0.25) is 14.7 Å². The molecule has 0 bridgehead atoms. The van der Waals surface area contributed by atoms with Gasteiger partial charge in [-0.05, 0) is 25.1 Å². The van der Waals surface area contributed by atoms with Gasteiger partial charge in [0.15, 0.2) is 5.96 Å². The number of piperazine rings is 1. The summed E-state index contributed by atoms with van der Waals surface area (Å²) in [6.45, 7) is 2.48.